The first kappa shape index (κ1) is 15.2. The summed E-state index contributed by atoms with van der Waals surface area (Å²) in [5.41, 5.74) is 3.85. The van der Waals surface area contributed by atoms with Gasteiger partial charge in [-0.25, -0.2) is 9.78 Å². The highest BCUT2D eigenvalue weighted by molar-refractivity contribution is 7.07. The number of thiazole rings is 1. The Bertz CT molecular complexity index is 611. The first-order chi connectivity index (χ1) is 10.1. The molecule has 2 N–H and O–H groups in total. The fraction of sp³-hybridized carbons (Fsp3) is 0.267. The van der Waals surface area contributed by atoms with Crippen molar-refractivity contribution < 1.29 is 14.7 Å². The van der Waals surface area contributed by atoms with Crippen LogP contribution in [-0.4, -0.2) is 28.5 Å². The lowest BCUT2D eigenvalue weighted by Gasteiger charge is -2.05. The minimum atomic E-state index is -0.941. The summed E-state index contributed by atoms with van der Waals surface area (Å²) < 4.78 is 0. The first-order valence-corrected chi connectivity index (χ1v) is 7.55. The average molecular weight is 304 g/mol. The van der Waals surface area contributed by atoms with Gasteiger partial charge in [0.05, 0.1) is 16.8 Å². The number of nitrogens with zero attached hydrogens (tertiary/aromatic N) is 1. The molecule has 21 heavy (non-hydrogen) atoms. The van der Waals surface area contributed by atoms with E-state index in [4.69, 9.17) is 5.11 Å². The molecule has 0 aliphatic heterocycles. The number of hydrogen-bond donors (Lipinski definition) is 2. The molecule has 1 aromatic carbocycles. The van der Waals surface area contributed by atoms with Gasteiger partial charge in [0.2, 0.25) is 5.91 Å². The van der Waals surface area contributed by atoms with Crippen LogP contribution in [0.5, 0.6) is 0 Å². The van der Waals surface area contributed by atoms with Gasteiger partial charge in [0.25, 0.3) is 0 Å². The summed E-state index contributed by atoms with van der Waals surface area (Å²) in [6, 6.07) is 6.75. The van der Waals surface area contributed by atoms with Crippen LogP contribution < -0.4 is 5.32 Å². The fourth-order valence-electron chi connectivity index (χ4n) is 1.90. The molecule has 5 nitrogen and oxygen atoms in total. The molecule has 0 radical (unpaired) electrons. The van der Waals surface area contributed by atoms with Gasteiger partial charge >= 0.3 is 5.97 Å². The van der Waals surface area contributed by atoms with Crippen LogP contribution in [0, 0.1) is 0 Å². The number of rotatable bonds is 7. The van der Waals surface area contributed by atoms with Gasteiger partial charge in [0, 0.05) is 18.3 Å². The summed E-state index contributed by atoms with van der Waals surface area (Å²) in [6.45, 7) is 0.499. The van der Waals surface area contributed by atoms with Gasteiger partial charge < -0.3 is 10.4 Å². The van der Waals surface area contributed by atoms with E-state index in [0.29, 0.717) is 25.8 Å². The Morgan fingerprint density at radius 3 is 2.86 bits per heavy atom. The van der Waals surface area contributed by atoms with E-state index in [9.17, 15) is 9.59 Å². The Hall–Kier alpha value is -2.21. The van der Waals surface area contributed by atoms with Crippen LogP contribution in [-0.2, 0) is 17.6 Å². The third-order valence-corrected chi connectivity index (χ3v) is 3.64. The van der Waals surface area contributed by atoms with Crippen molar-refractivity contribution >= 4 is 23.2 Å². The van der Waals surface area contributed by atoms with Crippen molar-refractivity contribution in [3.8, 4) is 0 Å². The van der Waals surface area contributed by atoms with Crippen molar-refractivity contribution in [2.45, 2.75) is 19.3 Å². The number of aromatic nitrogens is 1. The molecule has 1 amide bonds. The Kier molecular flexibility index (Phi) is 5.45. The van der Waals surface area contributed by atoms with E-state index in [-0.39, 0.29) is 11.5 Å². The molecular formula is C15H16N2O3S. The maximum Gasteiger partial charge on any atom is 0.335 e. The Morgan fingerprint density at radius 1 is 1.29 bits per heavy atom. The lowest BCUT2D eigenvalue weighted by Crippen LogP contribution is -2.25. The van der Waals surface area contributed by atoms with Crippen molar-refractivity contribution in [1.29, 1.82) is 0 Å². The highest BCUT2D eigenvalue weighted by Crippen LogP contribution is 2.06. The zero-order chi connectivity index (χ0) is 15.1. The van der Waals surface area contributed by atoms with E-state index in [0.717, 1.165) is 11.3 Å². The minimum absolute atomic E-state index is 0.0163. The maximum absolute atomic E-state index is 11.7. The largest absolute Gasteiger partial charge is 0.478 e. The molecule has 1 heterocycles. The van der Waals surface area contributed by atoms with Gasteiger partial charge in [-0.15, -0.1) is 11.3 Å². The number of nitrogens with one attached hydrogen (secondary N) is 1. The molecule has 2 aromatic rings. The van der Waals surface area contributed by atoms with Crippen molar-refractivity contribution in [2.24, 2.45) is 0 Å². The predicted molar refractivity (Wildman–Crippen MR) is 80.6 cm³/mol. The Balaban J connectivity index is 1.72. The standard InChI is InChI=1S/C15H16N2O3S/c18-14(5-4-13-9-21-10-17-13)16-7-6-11-2-1-3-12(8-11)15(19)20/h1-3,8-10H,4-7H2,(H,16,18)(H,19,20). The molecule has 0 saturated carbocycles. The lowest BCUT2D eigenvalue weighted by atomic mass is 10.1. The van der Waals surface area contributed by atoms with Crippen molar-refractivity contribution in [3.05, 3.63) is 52.0 Å². The van der Waals surface area contributed by atoms with Crippen LogP contribution in [0.2, 0.25) is 0 Å². The number of aromatic carboxylic acids is 1. The molecule has 6 heteroatoms. The van der Waals surface area contributed by atoms with Crippen LogP contribution in [0.25, 0.3) is 0 Å². The quantitative estimate of drug-likeness (QED) is 0.821. The minimum Gasteiger partial charge on any atom is -0.478 e. The molecule has 1 aromatic heterocycles. The first-order valence-electron chi connectivity index (χ1n) is 6.61. The molecule has 0 saturated heterocycles. The third-order valence-electron chi connectivity index (χ3n) is 3.00. The topological polar surface area (TPSA) is 79.3 Å². The van der Waals surface area contributed by atoms with Crippen LogP contribution in [0.4, 0.5) is 0 Å². The summed E-state index contributed by atoms with van der Waals surface area (Å²) in [7, 11) is 0. The van der Waals surface area contributed by atoms with E-state index in [1.165, 1.54) is 11.3 Å². The average Bonchev–Trinajstić information content (AvgIpc) is 2.99. The van der Waals surface area contributed by atoms with Crippen LogP contribution in [0.3, 0.4) is 0 Å². The fourth-order valence-corrected chi connectivity index (χ4v) is 2.49. The van der Waals surface area contributed by atoms with Gasteiger partial charge in [-0.2, -0.15) is 0 Å². The molecule has 110 valence electrons. The highest BCUT2D eigenvalue weighted by atomic mass is 32.1. The number of amides is 1. The number of hydrogen-bond acceptors (Lipinski definition) is 4. The number of carbonyl (C=O) groups is 2. The van der Waals surface area contributed by atoms with Gasteiger partial charge in [0.15, 0.2) is 0 Å². The monoisotopic (exact) mass is 304 g/mol. The van der Waals surface area contributed by atoms with Crippen LogP contribution in [0.15, 0.2) is 35.2 Å². The third kappa shape index (κ3) is 5.00. The summed E-state index contributed by atoms with van der Waals surface area (Å²) in [6.07, 6.45) is 1.67. The van der Waals surface area contributed by atoms with Crippen LogP contribution >= 0.6 is 11.3 Å². The predicted octanol–water partition coefficient (Wildman–Crippen LogP) is 2.13. The van der Waals surface area contributed by atoms with Crippen LogP contribution in [0.1, 0.15) is 28.0 Å². The molecule has 0 bridgehead atoms. The number of carbonyl (C=O) groups excluding carboxylic acids is 1. The summed E-state index contributed by atoms with van der Waals surface area (Å²) >= 11 is 1.52. The molecule has 0 atom stereocenters. The van der Waals surface area contributed by atoms with Gasteiger partial charge in [-0.1, -0.05) is 12.1 Å². The van der Waals surface area contributed by atoms with Crippen molar-refractivity contribution in [2.75, 3.05) is 6.54 Å². The number of carboxylic acid groups (broad SMARTS) is 1. The molecule has 0 aliphatic carbocycles. The van der Waals surface area contributed by atoms with E-state index in [2.05, 4.69) is 10.3 Å². The zero-order valence-electron chi connectivity index (χ0n) is 11.4. The molecule has 0 aliphatic rings. The van der Waals surface area contributed by atoms with Gasteiger partial charge in [-0.3, -0.25) is 4.79 Å². The molecule has 0 fully saturated rings. The van der Waals surface area contributed by atoms with Gasteiger partial charge in [0.1, 0.15) is 0 Å². The lowest BCUT2D eigenvalue weighted by molar-refractivity contribution is -0.121. The van der Waals surface area contributed by atoms with Crippen molar-refractivity contribution in [1.82, 2.24) is 10.3 Å². The summed E-state index contributed by atoms with van der Waals surface area (Å²) in [5.74, 6) is -0.957. The normalized spacial score (nSPS) is 10.3. The SMILES string of the molecule is O=C(CCc1cscn1)NCCc1cccc(C(=O)O)c1. The Morgan fingerprint density at radius 2 is 2.14 bits per heavy atom. The van der Waals surface area contributed by atoms with E-state index in [1.54, 1.807) is 23.7 Å². The second-order valence-corrected chi connectivity index (χ2v) is 5.30. The molecule has 2 rings (SSSR count). The van der Waals surface area contributed by atoms with E-state index in [1.807, 2.05) is 11.4 Å². The van der Waals surface area contributed by atoms with E-state index < -0.39 is 5.97 Å². The second-order valence-electron chi connectivity index (χ2n) is 4.59. The molecule has 0 unspecified atom stereocenters. The number of benzene rings is 1. The molecule has 0 spiro atoms. The highest BCUT2D eigenvalue weighted by Gasteiger charge is 2.05. The smallest absolute Gasteiger partial charge is 0.335 e. The summed E-state index contributed by atoms with van der Waals surface area (Å²) in [4.78, 5) is 26.7. The van der Waals surface area contributed by atoms with Gasteiger partial charge in [-0.05, 0) is 30.5 Å². The van der Waals surface area contributed by atoms with Crippen molar-refractivity contribution in [3.63, 3.8) is 0 Å². The molecular weight excluding hydrogens is 288 g/mol. The number of carboxylic acids is 1. The zero-order valence-corrected chi connectivity index (χ0v) is 12.2. The van der Waals surface area contributed by atoms with E-state index >= 15 is 0 Å². The number of aryl methyl sites for hydroxylation is 1. The maximum atomic E-state index is 11.7. The summed E-state index contributed by atoms with van der Waals surface area (Å²) in [5, 5.41) is 13.7. The Labute approximate surface area is 126 Å². The second kappa shape index (κ2) is 7.54.